The molecule has 0 heterocycles. The van der Waals surface area contributed by atoms with Crippen LogP contribution in [0.15, 0.2) is 0 Å². The zero-order valence-electron chi connectivity index (χ0n) is 12.2. The quantitative estimate of drug-likeness (QED) is 0.498. The van der Waals surface area contributed by atoms with Gasteiger partial charge >= 0.3 is 0 Å². The Balaban J connectivity index is 3.83. The molecule has 0 aliphatic heterocycles. The molecule has 0 N–H and O–H groups in total. The van der Waals surface area contributed by atoms with Gasteiger partial charge in [-0.05, 0) is 19.3 Å². The monoisotopic (exact) mass is 242 g/mol. The number of Topliss-reactive ketones (excluding diaryl/α,β-unsaturated/α-hetero) is 1. The molecule has 0 aromatic heterocycles. The van der Waals surface area contributed by atoms with Crippen LogP contribution in [0, 0.1) is 0 Å². The molecule has 2 nitrogen and oxygen atoms in total. The third-order valence-electron chi connectivity index (χ3n) is 3.80. The lowest BCUT2D eigenvalue weighted by molar-refractivity contribution is -0.142. The van der Waals surface area contributed by atoms with Gasteiger partial charge in [0.15, 0.2) is 5.78 Å². The second-order valence-electron chi connectivity index (χ2n) is 4.85. The SMILES string of the molecule is CCCCCCCCC(=O)C(CC)(CC)OC. The normalized spacial score (nSPS) is 11.8. The van der Waals surface area contributed by atoms with Crippen molar-refractivity contribution in [3.8, 4) is 0 Å². The van der Waals surface area contributed by atoms with E-state index in [0.29, 0.717) is 12.2 Å². The van der Waals surface area contributed by atoms with Gasteiger partial charge in [-0.3, -0.25) is 4.79 Å². The molecule has 2 heteroatoms. The number of ketones is 1. The predicted molar refractivity (Wildman–Crippen MR) is 73.3 cm³/mol. The van der Waals surface area contributed by atoms with Crippen LogP contribution in [0.5, 0.6) is 0 Å². The van der Waals surface area contributed by atoms with Crippen LogP contribution in [-0.4, -0.2) is 18.5 Å². The van der Waals surface area contributed by atoms with Gasteiger partial charge in [-0.15, -0.1) is 0 Å². The number of carbonyl (C=O) groups is 1. The van der Waals surface area contributed by atoms with Crippen LogP contribution in [0.25, 0.3) is 0 Å². The zero-order chi connectivity index (χ0) is 13.1. The maximum absolute atomic E-state index is 12.1. The molecule has 0 bridgehead atoms. The van der Waals surface area contributed by atoms with Crippen LogP contribution >= 0.6 is 0 Å². The first-order valence-corrected chi connectivity index (χ1v) is 7.25. The summed E-state index contributed by atoms with van der Waals surface area (Å²) in [4.78, 5) is 12.1. The highest BCUT2D eigenvalue weighted by Gasteiger charge is 2.33. The molecule has 0 radical (unpaired) electrons. The lowest BCUT2D eigenvalue weighted by Crippen LogP contribution is -2.39. The lowest BCUT2D eigenvalue weighted by atomic mass is 9.88. The third-order valence-corrected chi connectivity index (χ3v) is 3.80. The Labute approximate surface area is 107 Å². The van der Waals surface area contributed by atoms with Crippen LogP contribution in [0.4, 0.5) is 0 Å². The van der Waals surface area contributed by atoms with Gasteiger partial charge in [-0.2, -0.15) is 0 Å². The van der Waals surface area contributed by atoms with E-state index in [1.165, 1.54) is 32.1 Å². The van der Waals surface area contributed by atoms with E-state index >= 15 is 0 Å². The highest BCUT2D eigenvalue weighted by atomic mass is 16.5. The molecule has 0 aliphatic rings. The van der Waals surface area contributed by atoms with E-state index in [2.05, 4.69) is 6.92 Å². The van der Waals surface area contributed by atoms with Crippen molar-refractivity contribution in [1.82, 2.24) is 0 Å². The number of carbonyl (C=O) groups excluding carboxylic acids is 1. The molecule has 0 fully saturated rings. The molecule has 0 aromatic carbocycles. The van der Waals surface area contributed by atoms with Gasteiger partial charge in [0.25, 0.3) is 0 Å². The molecule has 102 valence electrons. The first kappa shape index (κ1) is 16.6. The molecular weight excluding hydrogens is 212 g/mol. The van der Waals surface area contributed by atoms with Crippen LogP contribution in [0.1, 0.15) is 78.6 Å². The third kappa shape index (κ3) is 5.67. The van der Waals surface area contributed by atoms with E-state index in [-0.39, 0.29) is 0 Å². The minimum atomic E-state index is -0.510. The molecular formula is C15H30O2. The van der Waals surface area contributed by atoms with Crippen LogP contribution in [-0.2, 0) is 9.53 Å². The molecule has 17 heavy (non-hydrogen) atoms. The Bertz CT molecular complexity index is 187. The molecule has 0 aromatic rings. The number of hydrogen-bond donors (Lipinski definition) is 0. The summed E-state index contributed by atoms with van der Waals surface area (Å²) in [7, 11) is 1.66. The average Bonchev–Trinajstić information content (AvgIpc) is 2.36. The predicted octanol–water partition coefficient (Wildman–Crippen LogP) is 4.51. The molecule has 0 rings (SSSR count). The number of ether oxygens (including phenoxy) is 1. The smallest absolute Gasteiger partial charge is 0.164 e. The van der Waals surface area contributed by atoms with Gasteiger partial charge in [0, 0.05) is 13.5 Å². The minimum absolute atomic E-state index is 0.292. The molecule has 0 unspecified atom stereocenters. The first-order valence-electron chi connectivity index (χ1n) is 7.25. The summed E-state index contributed by atoms with van der Waals surface area (Å²) >= 11 is 0. The van der Waals surface area contributed by atoms with Crippen molar-refractivity contribution < 1.29 is 9.53 Å². The van der Waals surface area contributed by atoms with Gasteiger partial charge in [0.05, 0.1) is 0 Å². The highest BCUT2D eigenvalue weighted by molar-refractivity contribution is 5.87. The van der Waals surface area contributed by atoms with Crippen molar-refractivity contribution in [2.75, 3.05) is 7.11 Å². The maximum atomic E-state index is 12.1. The highest BCUT2D eigenvalue weighted by Crippen LogP contribution is 2.23. The molecule has 0 amide bonds. The van der Waals surface area contributed by atoms with E-state index in [1.54, 1.807) is 7.11 Å². The van der Waals surface area contributed by atoms with Gasteiger partial charge < -0.3 is 4.74 Å². The molecule has 0 spiro atoms. The summed E-state index contributed by atoms with van der Waals surface area (Å²) in [5, 5.41) is 0. The largest absolute Gasteiger partial charge is 0.370 e. The van der Waals surface area contributed by atoms with Gasteiger partial charge in [-0.25, -0.2) is 0 Å². The van der Waals surface area contributed by atoms with Gasteiger partial charge in [0.2, 0.25) is 0 Å². The number of unbranched alkanes of at least 4 members (excludes halogenated alkanes) is 5. The van der Waals surface area contributed by atoms with Crippen LogP contribution < -0.4 is 0 Å². The van der Waals surface area contributed by atoms with E-state index < -0.39 is 5.60 Å². The fourth-order valence-corrected chi connectivity index (χ4v) is 2.34. The summed E-state index contributed by atoms with van der Waals surface area (Å²) in [6, 6.07) is 0. The second-order valence-corrected chi connectivity index (χ2v) is 4.85. The molecule has 0 saturated carbocycles. The molecule has 0 atom stereocenters. The second kappa shape index (κ2) is 9.64. The maximum Gasteiger partial charge on any atom is 0.164 e. The Morgan fingerprint density at radius 2 is 1.47 bits per heavy atom. The first-order chi connectivity index (χ1) is 8.16. The summed E-state index contributed by atoms with van der Waals surface area (Å²) in [5.41, 5.74) is -0.510. The van der Waals surface area contributed by atoms with Gasteiger partial charge in [-0.1, -0.05) is 52.9 Å². The number of rotatable bonds is 11. The summed E-state index contributed by atoms with van der Waals surface area (Å²) < 4.78 is 5.44. The summed E-state index contributed by atoms with van der Waals surface area (Å²) in [5.74, 6) is 0.292. The van der Waals surface area contributed by atoms with E-state index in [4.69, 9.17) is 4.74 Å². The Kier molecular flexibility index (Phi) is 9.43. The van der Waals surface area contributed by atoms with E-state index in [0.717, 1.165) is 19.3 Å². The zero-order valence-corrected chi connectivity index (χ0v) is 12.2. The number of hydrogen-bond acceptors (Lipinski definition) is 2. The topological polar surface area (TPSA) is 26.3 Å². The molecule has 0 aliphatic carbocycles. The molecule has 0 saturated heterocycles. The fourth-order valence-electron chi connectivity index (χ4n) is 2.34. The van der Waals surface area contributed by atoms with E-state index in [1.807, 2.05) is 13.8 Å². The van der Waals surface area contributed by atoms with Crippen molar-refractivity contribution >= 4 is 5.78 Å². The van der Waals surface area contributed by atoms with Crippen molar-refractivity contribution in [2.24, 2.45) is 0 Å². The lowest BCUT2D eigenvalue weighted by Gasteiger charge is -2.28. The Morgan fingerprint density at radius 3 is 1.94 bits per heavy atom. The van der Waals surface area contributed by atoms with Crippen molar-refractivity contribution in [3.05, 3.63) is 0 Å². The van der Waals surface area contributed by atoms with Crippen molar-refractivity contribution in [3.63, 3.8) is 0 Å². The standard InChI is InChI=1S/C15H30O2/c1-5-8-9-10-11-12-13-14(16)15(6-2,7-3)17-4/h5-13H2,1-4H3. The van der Waals surface area contributed by atoms with Gasteiger partial charge in [0.1, 0.15) is 5.60 Å². The average molecular weight is 242 g/mol. The Morgan fingerprint density at radius 1 is 0.941 bits per heavy atom. The van der Waals surface area contributed by atoms with Crippen molar-refractivity contribution in [1.29, 1.82) is 0 Å². The van der Waals surface area contributed by atoms with Crippen LogP contribution in [0.3, 0.4) is 0 Å². The summed E-state index contributed by atoms with van der Waals surface area (Å²) in [6.45, 7) is 6.29. The fraction of sp³-hybridized carbons (Fsp3) is 0.933. The summed E-state index contributed by atoms with van der Waals surface area (Å²) in [6.07, 6.45) is 9.62. The minimum Gasteiger partial charge on any atom is -0.370 e. The van der Waals surface area contributed by atoms with Crippen LogP contribution in [0.2, 0.25) is 0 Å². The Hall–Kier alpha value is -0.370. The number of methoxy groups -OCH3 is 1. The van der Waals surface area contributed by atoms with E-state index in [9.17, 15) is 4.79 Å². The van der Waals surface area contributed by atoms with Crippen molar-refractivity contribution in [2.45, 2.75) is 84.2 Å².